The van der Waals surface area contributed by atoms with E-state index >= 15 is 0 Å². The topological polar surface area (TPSA) is 30.0 Å². The van der Waals surface area contributed by atoms with Crippen molar-refractivity contribution in [3.63, 3.8) is 0 Å². The number of aldehydes is 1. The van der Waals surface area contributed by atoms with E-state index < -0.39 is 6.43 Å². The van der Waals surface area contributed by atoms with Gasteiger partial charge in [-0.2, -0.15) is 0 Å². The van der Waals surface area contributed by atoms with Crippen molar-refractivity contribution in [3.8, 4) is 0 Å². The zero-order valence-corrected chi connectivity index (χ0v) is 8.44. The van der Waals surface area contributed by atoms with Gasteiger partial charge in [0.1, 0.15) is 5.69 Å². The zero-order chi connectivity index (χ0) is 10.0. The minimum absolute atomic E-state index is 0.0151. The maximum atomic E-state index is 12.2. The minimum atomic E-state index is -2.67. The Hall–Kier alpha value is -0.550. The van der Waals surface area contributed by atoms with E-state index in [-0.39, 0.29) is 20.8 Å². The molecule has 0 N–H and O–H groups in total. The van der Waals surface area contributed by atoms with E-state index in [9.17, 15) is 13.6 Å². The maximum absolute atomic E-state index is 12.2. The Morgan fingerprint density at radius 2 is 2.23 bits per heavy atom. The van der Waals surface area contributed by atoms with Crippen molar-refractivity contribution in [2.24, 2.45) is 0 Å². The normalized spacial score (nSPS) is 10.5. The average Bonchev–Trinajstić information content (AvgIpc) is 2.09. The molecule has 70 valence electrons. The number of hydrogen-bond donors (Lipinski definition) is 0. The molecule has 0 unspecified atom stereocenters. The lowest BCUT2D eigenvalue weighted by atomic mass is 10.2. The van der Waals surface area contributed by atoms with Gasteiger partial charge in [-0.3, -0.25) is 9.78 Å². The Bertz CT molecular complexity index is 346. The molecule has 13 heavy (non-hydrogen) atoms. The number of carbonyl (C=O) groups is 1. The van der Waals surface area contributed by atoms with Crippen molar-refractivity contribution in [3.05, 3.63) is 26.9 Å². The van der Waals surface area contributed by atoms with Gasteiger partial charge in [0, 0.05) is 10.7 Å². The van der Waals surface area contributed by atoms with Gasteiger partial charge in [0.05, 0.1) is 10.6 Å². The molecule has 1 aromatic heterocycles. The third kappa shape index (κ3) is 2.03. The van der Waals surface area contributed by atoms with E-state index in [1.807, 2.05) is 0 Å². The van der Waals surface area contributed by atoms with Gasteiger partial charge in [0.2, 0.25) is 0 Å². The lowest BCUT2D eigenvalue weighted by Gasteiger charge is -2.04. The van der Waals surface area contributed by atoms with Crippen LogP contribution in [-0.4, -0.2) is 11.3 Å². The second kappa shape index (κ2) is 4.11. The summed E-state index contributed by atoms with van der Waals surface area (Å²) in [5, 5.41) is -0.0900. The largest absolute Gasteiger partial charge is 0.296 e. The third-order valence-corrected chi connectivity index (χ3v) is 2.83. The molecule has 0 saturated carbocycles. The van der Waals surface area contributed by atoms with Crippen LogP contribution in [0.4, 0.5) is 8.78 Å². The number of hydrogen-bond acceptors (Lipinski definition) is 2. The van der Waals surface area contributed by atoms with Gasteiger partial charge < -0.3 is 0 Å². The molecule has 1 heterocycles. The van der Waals surface area contributed by atoms with Gasteiger partial charge in [0.25, 0.3) is 6.43 Å². The number of halogens is 4. The van der Waals surface area contributed by atoms with Crippen molar-refractivity contribution in [1.29, 1.82) is 0 Å². The molecule has 0 radical (unpaired) electrons. The molecule has 0 fully saturated rings. The summed E-state index contributed by atoms with van der Waals surface area (Å²) in [7, 11) is 0. The van der Waals surface area contributed by atoms with E-state index in [0.29, 0.717) is 6.29 Å². The molecule has 0 aliphatic rings. The molecule has 0 atom stereocenters. The first-order chi connectivity index (χ1) is 6.07. The lowest BCUT2D eigenvalue weighted by Crippen LogP contribution is -1.95. The summed E-state index contributed by atoms with van der Waals surface area (Å²) in [6.45, 7) is 0. The third-order valence-electron chi connectivity index (χ3n) is 1.36. The zero-order valence-electron chi connectivity index (χ0n) is 6.10. The van der Waals surface area contributed by atoms with E-state index in [0.717, 1.165) is 6.20 Å². The average molecular weight is 270 g/mol. The van der Waals surface area contributed by atoms with Gasteiger partial charge in [-0.1, -0.05) is 11.6 Å². The number of rotatable bonds is 2. The van der Waals surface area contributed by atoms with Crippen LogP contribution in [0, 0.1) is 0 Å². The lowest BCUT2D eigenvalue weighted by molar-refractivity contribution is 0.111. The van der Waals surface area contributed by atoms with Crippen LogP contribution in [-0.2, 0) is 0 Å². The summed E-state index contributed by atoms with van der Waals surface area (Å²) in [4.78, 5) is 13.8. The predicted molar refractivity (Wildman–Crippen MR) is 47.3 cm³/mol. The number of pyridine rings is 1. The Kier molecular flexibility index (Phi) is 3.33. The van der Waals surface area contributed by atoms with Gasteiger partial charge >= 0.3 is 0 Å². The second-order valence-corrected chi connectivity index (χ2v) is 3.32. The summed E-state index contributed by atoms with van der Waals surface area (Å²) in [5.41, 5.74) is -0.381. The summed E-state index contributed by atoms with van der Waals surface area (Å²) < 4.78 is 24.5. The highest BCUT2D eigenvalue weighted by Gasteiger charge is 2.16. The van der Waals surface area contributed by atoms with Crippen molar-refractivity contribution < 1.29 is 13.6 Å². The molecule has 0 bridgehead atoms. The number of alkyl halides is 2. The van der Waals surface area contributed by atoms with Crippen molar-refractivity contribution in [2.75, 3.05) is 0 Å². The minimum Gasteiger partial charge on any atom is -0.296 e. The quantitative estimate of drug-likeness (QED) is 0.772. The fraction of sp³-hybridized carbons (Fsp3) is 0.143. The molecule has 0 aliphatic carbocycles. The van der Waals surface area contributed by atoms with Gasteiger partial charge in [-0.05, 0) is 15.9 Å². The Labute approximate surface area is 86.0 Å². The number of nitrogens with zero attached hydrogens (tertiary/aromatic N) is 1. The highest BCUT2D eigenvalue weighted by atomic mass is 79.9. The Morgan fingerprint density at radius 1 is 1.62 bits per heavy atom. The van der Waals surface area contributed by atoms with Gasteiger partial charge in [-0.25, -0.2) is 8.78 Å². The Balaban J connectivity index is 3.31. The van der Waals surface area contributed by atoms with Crippen LogP contribution >= 0.6 is 27.5 Å². The van der Waals surface area contributed by atoms with Gasteiger partial charge in [0.15, 0.2) is 6.29 Å². The van der Waals surface area contributed by atoms with E-state index in [1.165, 1.54) is 0 Å². The first-order valence-corrected chi connectivity index (χ1v) is 4.32. The second-order valence-electron chi connectivity index (χ2n) is 2.15. The number of carbonyl (C=O) groups excluding carboxylic acids is 1. The van der Waals surface area contributed by atoms with E-state index in [1.54, 1.807) is 0 Å². The van der Waals surface area contributed by atoms with Crippen LogP contribution in [0.3, 0.4) is 0 Å². The molecule has 0 saturated heterocycles. The highest BCUT2D eigenvalue weighted by molar-refractivity contribution is 9.10. The number of aromatic nitrogens is 1. The van der Waals surface area contributed by atoms with Crippen LogP contribution in [0.1, 0.15) is 22.5 Å². The van der Waals surface area contributed by atoms with Crippen LogP contribution < -0.4 is 0 Å². The first kappa shape index (κ1) is 10.5. The fourth-order valence-corrected chi connectivity index (χ4v) is 1.41. The van der Waals surface area contributed by atoms with Crippen molar-refractivity contribution >= 4 is 33.8 Å². The fourth-order valence-electron chi connectivity index (χ4n) is 0.726. The molecule has 0 aromatic carbocycles. The SMILES string of the molecule is O=Cc1ncc(C(F)F)c(Br)c1Cl. The van der Waals surface area contributed by atoms with E-state index in [2.05, 4.69) is 20.9 Å². The molecular formula is C7H3BrClF2NO. The van der Waals surface area contributed by atoms with Crippen LogP contribution in [0.2, 0.25) is 5.02 Å². The standard InChI is InChI=1S/C7H3BrClF2NO/c8-5-3(7(10)11)1-12-4(2-13)6(5)9/h1-2,7H. The summed E-state index contributed by atoms with van der Waals surface area (Å²) >= 11 is 8.43. The molecule has 1 rings (SSSR count). The van der Waals surface area contributed by atoms with Crippen LogP contribution in [0.5, 0.6) is 0 Å². The Morgan fingerprint density at radius 3 is 2.69 bits per heavy atom. The molecule has 6 heteroatoms. The molecular weight excluding hydrogens is 267 g/mol. The van der Waals surface area contributed by atoms with E-state index in [4.69, 9.17) is 11.6 Å². The maximum Gasteiger partial charge on any atom is 0.266 e. The smallest absolute Gasteiger partial charge is 0.266 e. The highest BCUT2D eigenvalue weighted by Crippen LogP contribution is 2.33. The molecule has 0 aliphatic heterocycles. The van der Waals surface area contributed by atoms with Crippen LogP contribution in [0.25, 0.3) is 0 Å². The molecule has 1 aromatic rings. The first-order valence-electron chi connectivity index (χ1n) is 3.15. The van der Waals surface area contributed by atoms with Crippen molar-refractivity contribution in [1.82, 2.24) is 4.98 Å². The summed E-state index contributed by atoms with van der Waals surface area (Å²) in [6, 6.07) is 0. The van der Waals surface area contributed by atoms with Gasteiger partial charge in [-0.15, -0.1) is 0 Å². The molecule has 0 spiro atoms. The van der Waals surface area contributed by atoms with Crippen molar-refractivity contribution in [2.45, 2.75) is 6.43 Å². The molecule has 0 amide bonds. The molecule has 2 nitrogen and oxygen atoms in total. The monoisotopic (exact) mass is 269 g/mol. The summed E-state index contributed by atoms with van der Waals surface area (Å²) in [6.07, 6.45) is -1.34. The van der Waals surface area contributed by atoms with Crippen LogP contribution in [0.15, 0.2) is 10.7 Å². The predicted octanol–water partition coefficient (Wildman–Crippen LogP) is 3.25. The summed E-state index contributed by atoms with van der Waals surface area (Å²) in [5.74, 6) is 0.